The van der Waals surface area contributed by atoms with Crippen LogP contribution >= 0.6 is 11.3 Å². The van der Waals surface area contributed by atoms with Gasteiger partial charge in [-0.3, -0.25) is 9.36 Å². The highest BCUT2D eigenvalue weighted by Gasteiger charge is 2.33. The van der Waals surface area contributed by atoms with Crippen molar-refractivity contribution in [3.05, 3.63) is 96.8 Å². The third-order valence-electron chi connectivity index (χ3n) is 5.99. The van der Waals surface area contributed by atoms with Crippen molar-refractivity contribution in [2.45, 2.75) is 39.8 Å². The number of esters is 1. The Bertz CT molecular complexity index is 1660. The molecule has 0 fully saturated rings. The number of allylic oxidation sites excluding steroid dienone is 1. The van der Waals surface area contributed by atoms with E-state index < -0.39 is 12.0 Å². The van der Waals surface area contributed by atoms with E-state index in [1.165, 1.54) is 11.3 Å². The van der Waals surface area contributed by atoms with E-state index in [1.54, 1.807) is 18.4 Å². The lowest BCUT2D eigenvalue weighted by atomic mass is 9.96. The molecule has 5 rings (SSSR count). The molecule has 7 nitrogen and oxygen atoms in total. The Labute approximate surface area is 212 Å². The van der Waals surface area contributed by atoms with Crippen molar-refractivity contribution < 1.29 is 14.3 Å². The molecule has 0 aliphatic carbocycles. The Morgan fingerprint density at radius 1 is 1.19 bits per heavy atom. The van der Waals surface area contributed by atoms with E-state index in [2.05, 4.69) is 9.98 Å². The van der Waals surface area contributed by atoms with Crippen LogP contribution < -0.4 is 19.6 Å². The number of hydrogen-bond acceptors (Lipinski definition) is 6. The van der Waals surface area contributed by atoms with E-state index in [1.807, 2.05) is 74.7 Å². The van der Waals surface area contributed by atoms with Gasteiger partial charge in [-0.25, -0.2) is 9.79 Å². The Kier molecular flexibility index (Phi) is 6.36. The third-order valence-corrected chi connectivity index (χ3v) is 6.98. The van der Waals surface area contributed by atoms with Gasteiger partial charge in [0.05, 0.1) is 34.6 Å². The van der Waals surface area contributed by atoms with Gasteiger partial charge in [-0.2, -0.15) is 0 Å². The molecular weight excluding hydrogens is 474 g/mol. The fraction of sp³-hybridized carbons (Fsp3) is 0.250. The first-order chi connectivity index (χ1) is 17.4. The van der Waals surface area contributed by atoms with E-state index in [0.29, 0.717) is 20.6 Å². The maximum Gasteiger partial charge on any atom is 0.338 e. The van der Waals surface area contributed by atoms with Crippen molar-refractivity contribution in [2.24, 2.45) is 4.99 Å². The Morgan fingerprint density at radius 3 is 2.67 bits per heavy atom. The number of H-pyrrole nitrogens is 1. The van der Waals surface area contributed by atoms with Gasteiger partial charge in [-0.1, -0.05) is 41.7 Å². The molecule has 0 bridgehead atoms. The Morgan fingerprint density at radius 2 is 1.94 bits per heavy atom. The van der Waals surface area contributed by atoms with Crippen LogP contribution in [0.25, 0.3) is 17.0 Å². The lowest BCUT2D eigenvalue weighted by molar-refractivity contribution is -0.139. The number of carbonyl (C=O) groups is 1. The standard InChI is InChI=1S/C28H27N3O4S/c1-5-34-27(33)24-17(4)30-28-31(25(24)18-10-12-20(13-11-18)35-16(2)3)26(32)23(36-28)14-19-15-29-22-9-7-6-8-21(19)22/h6-16,25,29H,5H2,1-4H3/b23-14-/t25-/m1/s1. The minimum absolute atomic E-state index is 0.0373. The molecule has 36 heavy (non-hydrogen) atoms. The predicted octanol–water partition coefficient (Wildman–Crippen LogP) is 4.07. The molecule has 2 aromatic carbocycles. The van der Waals surface area contributed by atoms with E-state index in [9.17, 15) is 9.59 Å². The monoisotopic (exact) mass is 501 g/mol. The number of aromatic nitrogens is 2. The highest BCUT2D eigenvalue weighted by molar-refractivity contribution is 7.07. The molecule has 3 heterocycles. The average molecular weight is 502 g/mol. The molecule has 4 aromatic rings. The molecule has 0 radical (unpaired) electrons. The van der Waals surface area contributed by atoms with Crippen molar-refractivity contribution in [1.29, 1.82) is 0 Å². The quantitative estimate of drug-likeness (QED) is 0.404. The van der Waals surface area contributed by atoms with E-state index >= 15 is 0 Å². The molecule has 0 unspecified atom stereocenters. The third kappa shape index (κ3) is 4.28. The van der Waals surface area contributed by atoms with Gasteiger partial charge in [0.15, 0.2) is 4.80 Å². The van der Waals surface area contributed by atoms with Crippen LogP contribution in [0.3, 0.4) is 0 Å². The van der Waals surface area contributed by atoms with Crippen LogP contribution in [-0.2, 0) is 9.53 Å². The van der Waals surface area contributed by atoms with Gasteiger partial charge in [-0.15, -0.1) is 0 Å². The van der Waals surface area contributed by atoms with E-state index in [-0.39, 0.29) is 18.3 Å². The molecule has 0 amide bonds. The number of fused-ring (bicyclic) bond motifs is 2. The SMILES string of the molecule is CCOC(=O)C1=C(C)N=c2s/c(=C\c3c[nH]c4ccccc34)c(=O)n2[C@@H]1c1ccc(OC(C)C)cc1. The summed E-state index contributed by atoms with van der Waals surface area (Å²) in [5, 5.41) is 1.03. The first-order valence-electron chi connectivity index (χ1n) is 11.9. The van der Waals surface area contributed by atoms with Crippen LogP contribution in [0.15, 0.2) is 75.8 Å². The van der Waals surface area contributed by atoms with Gasteiger partial charge in [0.25, 0.3) is 5.56 Å². The molecule has 0 saturated carbocycles. The number of benzene rings is 2. The summed E-state index contributed by atoms with van der Waals surface area (Å²) in [6, 6.07) is 14.8. The van der Waals surface area contributed by atoms with Crippen molar-refractivity contribution in [3.8, 4) is 5.75 Å². The fourth-order valence-electron chi connectivity index (χ4n) is 4.46. The number of rotatable bonds is 6. The molecule has 8 heteroatoms. The Hall–Kier alpha value is -3.91. The molecular formula is C28H27N3O4S. The summed E-state index contributed by atoms with van der Waals surface area (Å²) in [5.74, 6) is 0.246. The van der Waals surface area contributed by atoms with Gasteiger partial charge in [0.1, 0.15) is 5.75 Å². The van der Waals surface area contributed by atoms with Crippen LogP contribution in [-0.4, -0.2) is 28.2 Å². The summed E-state index contributed by atoms with van der Waals surface area (Å²) in [6.07, 6.45) is 3.81. The fourth-order valence-corrected chi connectivity index (χ4v) is 5.50. The number of carbonyl (C=O) groups excluding carboxylic acids is 1. The normalized spacial score (nSPS) is 15.8. The molecule has 0 saturated heterocycles. The molecule has 1 atom stereocenters. The number of nitrogens with one attached hydrogen (secondary N) is 1. The number of thiazole rings is 1. The highest BCUT2D eigenvalue weighted by Crippen LogP contribution is 2.31. The highest BCUT2D eigenvalue weighted by atomic mass is 32.1. The van der Waals surface area contributed by atoms with Crippen LogP contribution in [0.5, 0.6) is 5.75 Å². The van der Waals surface area contributed by atoms with Gasteiger partial charge in [-0.05, 0) is 57.5 Å². The zero-order valence-electron chi connectivity index (χ0n) is 20.6. The van der Waals surface area contributed by atoms with Gasteiger partial charge in [0.2, 0.25) is 0 Å². The average Bonchev–Trinajstić information content (AvgIpc) is 3.39. The summed E-state index contributed by atoms with van der Waals surface area (Å²) in [5.41, 5.74) is 3.40. The van der Waals surface area contributed by atoms with Crippen LogP contribution in [0.4, 0.5) is 0 Å². The first-order valence-corrected chi connectivity index (χ1v) is 12.7. The van der Waals surface area contributed by atoms with Crippen molar-refractivity contribution in [2.75, 3.05) is 6.61 Å². The first kappa shape index (κ1) is 23.8. The minimum Gasteiger partial charge on any atom is -0.491 e. The number of hydrogen-bond donors (Lipinski definition) is 1. The second-order valence-electron chi connectivity index (χ2n) is 8.83. The largest absolute Gasteiger partial charge is 0.491 e. The van der Waals surface area contributed by atoms with Crippen molar-refractivity contribution in [1.82, 2.24) is 9.55 Å². The maximum absolute atomic E-state index is 13.8. The van der Waals surface area contributed by atoms with Gasteiger partial charge in [0, 0.05) is 22.7 Å². The summed E-state index contributed by atoms with van der Waals surface area (Å²) >= 11 is 1.31. The van der Waals surface area contributed by atoms with Crippen LogP contribution in [0, 0.1) is 0 Å². The predicted molar refractivity (Wildman–Crippen MR) is 141 cm³/mol. The van der Waals surface area contributed by atoms with Crippen LogP contribution in [0.1, 0.15) is 44.9 Å². The minimum atomic E-state index is -0.654. The van der Waals surface area contributed by atoms with E-state index in [4.69, 9.17) is 9.47 Å². The zero-order valence-corrected chi connectivity index (χ0v) is 21.4. The van der Waals surface area contributed by atoms with Crippen LogP contribution in [0.2, 0.25) is 0 Å². The smallest absolute Gasteiger partial charge is 0.338 e. The van der Waals surface area contributed by atoms with Crippen molar-refractivity contribution >= 4 is 34.3 Å². The number of para-hydroxylation sites is 1. The Balaban J connectivity index is 1.68. The lowest BCUT2D eigenvalue weighted by Gasteiger charge is -2.25. The molecule has 0 spiro atoms. The second-order valence-corrected chi connectivity index (χ2v) is 9.84. The molecule has 184 valence electrons. The van der Waals surface area contributed by atoms with Crippen molar-refractivity contribution in [3.63, 3.8) is 0 Å². The molecule has 1 N–H and O–H groups in total. The molecule has 1 aliphatic heterocycles. The summed E-state index contributed by atoms with van der Waals surface area (Å²) in [6.45, 7) is 7.70. The maximum atomic E-state index is 13.8. The lowest BCUT2D eigenvalue weighted by Crippen LogP contribution is -2.39. The van der Waals surface area contributed by atoms with Gasteiger partial charge < -0.3 is 14.5 Å². The molecule has 2 aromatic heterocycles. The van der Waals surface area contributed by atoms with Gasteiger partial charge >= 0.3 is 5.97 Å². The number of nitrogens with zero attached hydrogens (tertiary/aromatic N) is 2. The topological polar surface area (TPSA) is 85.7 Å². The van der Waals surface area contributed by atoms with E-state index in [0.717, 1.165) is 27.8 Å². The second kappa shape index (κ2) is 9.62. The summed E-state index contributed by atoms with van der Waals surface area (Å²) in [7, 11) is 0. The molecule has 1 aliphatic rings. The summed E-state index contributed by atoms with van der Waals surface area (Å²) < 4.78 is 13.3. The summed E-state index contributed by atoms with van der Waals surface area (Å²) in [4.78, 5) is 35.3. The zero-order chi connectivity index (χ0) is 25.4. The number of aromatic amines is 1. The number of ether oxygens (including phenoxy) is 2.